The van der Waals surface area contributed by atoms with Gasteiger partial charge in [0, 0.05) is 11.8 Å². The van der Waals surface area contributed by atoms with Crippen LogP contribution < -0.4 is 0 Å². The molecular weight excluding hydrogens is 212 g/mol. The van der Waals surface area contributed by atoms with Gasteiger partial charge in [0.05, 0.1) is 0 Å². The van der Waals surface area contributed by atoms with Gasteiger partial charge < -0.3 is 15.6 Å². The second-order valence-corrected chi connectivity index (χ2v) is 6.06. The quantitative estimate of drug-likeness (QED) is 0.311. The predicted octanol–water partition coefficient (Wildman–Crippen LogP) is 2.89. The second kappa shape index (κ2) is 4.05. The molecule has 2 fully saturated rings. The molecule has 0 unspecified atom stereocenters. The van der Waals surface area contributed by atoms with Gasteiger partial charge in [-0.1, -0.05) is 20.8 Å². The Labute approximate surface area is 104 Å². The largest absolute Gasteiger partial charge is 0.409 e. The van der Waals surface area contributed by atoms with E-state index >= 15 is 0 Å². The molecule has 94 valence electrons. The molecule has 2 bridgehead atoms. The highest BCUT2D eigenvalue weighted by Gasteiger charge is 2.64. The average molecular weight is 234 g/mol. The zero-order chi connectivity index (χ0) is 12.7. The van der Waals surface area contributed by atoms with Crippen LogP contribution in [-0.4, -0.2) is 18.7 Å². The van der Waals surface area contributed by atoms with E-state index in [0.717, 1.165) is 12.3 Å². The fourth-order valence-electron chi connectivity index (χ4n) is 3.67. The minimum absolute atomic E-state index is 0.177. The summed E-state index contributed by atoms with van der Waals surface area (Å²) in [6.07, 6.45) is 11.0. The summed E-state index contributed by atoms with van der Waals surface area (Å²) >= 11 is 0. The van der Waals surface area contributed by atoms with Crippen molar-refractivity contribution in [3.8, 4) is 5.92 Å². The molecule has 0 heterocycles. The number of hydrogen-bond donors (Lipinski definition) is 0. The number of esters is 1. The van der Waals surface area contributed by atoms with Crippen LogP contribution in [0.4, 0.5) is 0 Å². The molecular formula is C15H22O2. The minimum atomic E-state index is 0.177. The molecule has 0 aromatic heterocycles. The molecule has 17 heavy (non-hydrogen) atoms. The smallest absolute Gasteiger partial charge is 0.398 e. The Morgan fingerprint density at radius 1 is 1.47 bits per heavy atom. The maximum Gasteiger partial charge on any atom is 0.409 e. The zero-order valence-electron chi connectivity index (χ0n) is 11.3. The van der Waals surface area contributed by atoms with Crippen LogP contribution in [0.25, 0.3) is 0 Å². The first-order valence-corrected chi connectivity index (χ1v) is 6.55. The Balaban J connectivity index is 2.16. The summed E-state index contributed by atoms with van der Waals surface area (Å²) in [5.41, 5.74) is 0.536. The topological polar surface area (TPSA) is 20.5 Å². The lowest BCUT2D eigenvalue weighted by molar-refractivity contribution is -0.462. The molecule has 0 aliphatic heterocycles. The standard InChI is InChI=1S/C15H22O2/c1-6-13(16-7-2)17-12-10-11-8-9-15(12,5)14(11,3)4/h11-12H,7-10H2,2-5H3/t11-,12+,15+/m0/s1. The third kappa shape index (κ3) is 1.68. The van der Waals surface area contributed by atoms with E-state index in [1.54, 1.807) is 0 Å². The van der Waals surface area contributed by atoms with Crippen molar-refractivity contribution in [2.75, 3.05) is 6.61 Å². The van der Waals surface area contributed by atoms with Gasteiger partial charge in [0.15, 0.2) is 12.7 Å². The van der Waals surface area contributed by atoms with E-state index in [4.69, 9.17) is 15.6 Å². The van der Waals surface area contributed by atoms with Crippen molar-refractivity contribution in [1.82, 2.24) is 0 Å². The maximum atomic E-state index is 7.19. The van der Waals surface area contributed by atoms with Crippen molar-refractivity contribution in [1.29, 1.82) is 0 Å². The van der Waals surface area contributed by atoms with Crippen LogP contribution in [0.15, 0.2) is 0 Å². The highest BCUT2D eigenvalue weighted by molar-refractivity contribution is 5.87. The molecule has 0 spiro atoms. The van der Waals surface area contributed by atoms with E-state index in [9.17, 15) is 0 Å². The lowest BCUT2D eigenvalue weighted by Gasteiger charge is -2.36. The molecule has 0 N–H and O–H groups in total. The lowest BCUT2D eigenvalue weighted by Crippen LogP contribution is -2.38. The summed E-state index contributed by atoms with van der Waals surface area (Å²) in [5, 5.41) is 0. The van der Waals surface area contributed by atoms with Gasteiger partial charge in [0.2, 0.25) is 0 Å². The van der Waals surface area contributed by atoms with Gasteiger partial charge >= 0.3 is 5.97 Å². The average Bonchev–Trinajstić information content (AvgIpc) is 2.61. The van der Waals surface area contributed by atoms with Gasteiger partial charge in [-0.25, -0.2) is 0 Å². The molecule has 2 aliphatic rings. The van der Waals surface area contributed by atoms with Gasteiger partial charge in [-0.2, -0.15) is 0 Å². The highest BCUT2D eigenvalue weighted by atomic mass is 16.6. The second-order valence-electron chi connectivity index (χ2n) is 6.06. The first kappa shape index (κ1) is 12.5. The predicted molar refractivity (Wildman–Crippen MR) is 66.8 cm³/mol. The van der Waals surface area contributed by atoms with Crippen LogP contribution in [0.2, 0.25) is 0 Å². The Kier molecular flexibility index (Phi) is 2.97. The number of rotatable bonds is 2. The molecule has 0 aromatic carbocycles. The van der Waals surface area contributed by atoms with Crippen LogP contribution in [0, 0.1) is 29.1 Å². The number of fused-ring (bicyclic) bond motifs is 2. The SMILES string of the molecule is [C-]#CC(O[C@@H]1C[C@@H]2CC[C@@]1(C)C2(C)C)=[O+]CC. The van der Waals surface area contributed by atoms with E-state index in [1.807, 2.05) is 6.92 Å². The summed E-state index contributed by atoms with van der Waals surface area (Å²) in [7, 11) is 0. The minimum Gasteiger partial charge on any atom is -0.398 e. The summed E-state index contributed by atoms with van der Waals surface area (Å²) in [6.45, 7) is 9.44. The molecule has 2 rings (SSSR count). The highest BCUT2D eigenvalue weighted by Crippen LogP contribution is 2.66. The molecule has 0 saturated heterocycles. The first-order chi connectivity index (χ1) is 7.95. The number of ether oxygens (including phenoxy) is 1. The van der Waals surface area contributed by atoms with Crippen molar-refractivity contribution in [2.45, 2.75) is 53.1 Å². The Morgan fingerprint density at radius 3 is 2.59 bits per heavy atom. The molecule has 0 amide bonds. The van der Waals surface area contributed by atoms with Crippen LogP contribution in [0.3, 0.4) is 0 Å². The number of hydrogen-bond acceptors (Lipinski definition) is 1. The van der Waals surface area contributed by atoms with Gasteiger partial charge in [0.25, 0.3) is 0 Å². The summed E-state index contributed by atoms with van der Waals surface area (Å²) in [6, 6.07) is 0. The zero-order valence-corrected chi connectivity index (χ0v) is 11.3. The van der Waals surface area contributed by atoms with Crippen LogP contribution in [0.5, 0.6) is 0 Å². The molecule has 0 aromatic rings. The molecule has 3 atom stereocenters. The summed E-state index contributed by atoms with van der Waals surface area (Å²) in [5.74, 6) is 3.25. The Hall–Kier alpha value is -0.970. The fourth-order valence-corrected chi connectivity index (χ4v) is 3.67. The van der Waals surface area contributed by atoms with E-state index < -0.39 is 0 Å². The molecule has 2 heteroatoms. The van der Waals surface area contributed by atoms with Crippen molar-refractivity contribution >= 4 is 5.97 Å². The molecule has 2 saturated carbocycles. The molecule has 0 radical (unpaired) electrons. The van der Waals surface area contributed by atoms with E-state index in [1.165, 1.54) is 12.8 Å². The fraction of sp³-hybridized carbons (Fsp3) is 0.800. The van der Waals surface area contributed by atoms with E-state index in [2.05, 4.69) is 26.7 Å². The summed E-state index contributed by atoms with van der Waals surface area (Å²) < 4.78 is 11.1. The van der Waals surface area contributed by atoms with E-state index in [-0.39, 0.29) is 17.5 Å². The van der Waals surface area contributed by atoms with Crippen molar-refractivity contribution in [2.24, 2.45) is 16.7 Å². The maximum absolute atomic E-state index is 7.19. The molecule has 2 aliphatic carbocycles. The summed E-state index contributed by atoms with van der Waals surface area (Å²) in [4.78, 5) is 0. The van der Waals surface area contributed by atoms with Gasteiger partial charge in [0.1, 0.15) is 0 Å². The van der Waals surface area contributed by atoms with Crippen molar-refractivity contribution in [3.05, 3.63) is 6.42 Å². The number of carbonyl (C=O) groups excluding carboxylic acids is 1. The Morgan fingerprint density at radius 2 is 2.18 bits per heavy atom. The van der Waals surface area contributed by atoms with Crippen LogP contribution in [-0.2, 0) is 9.16 Å². The van der Waals surface area contributed by atoms with Crippen molar-refractivity contribution in [3.63, 3.8) is 0 Å². The van der Waals surface area contributed by atoms with Gasteiger partial charge in [-0.3, -0.25) is 0 Å². The molecule has 2 nitrogen and oxygen atoms in total. The van der Waals surface area contributed by atoms with Crippen LogP contribution >= 0.6 is 0 Å². The lowest BCUT2D eigenvalue weighted by atomic mass is 9.70. The van der Waals surface area contributed by atoms with Crippen LogP contribution in [0.1, 0.15) is 47.0 Å². The third-order valence-corrected chi connectivity index (χ3v) is 5.34. The normalized spacial score (nSPS) is 39.1. The monoisotopic (exact) mass is 234 g/mol. The first-order valence-electron chi connectivity index (χ1n) is 6.55. The Bertz CT molecular complexity index is 375. The van der Waals surface area contributed by atoms with Gasteiger partial charge in [-0.15, -0.1) is 5.92 Å². The van der Waals surface area contributed by atoms with Gasteiger partial charge in [-0.05, 0) is 31.1 Å². The van der Waals surface area contributed by atoms with Crippen molar-refractivity contribution < 1.29 is 9.16 Å². The third-order valence-electron chi connectivity index (χ3n) is 5.34. The van der Waals surface area contributed by atoms with E-state index in [0.29, 0.717) is 12.0 Å².